The molecule has 0 saturated carbocycles. The number of carbonyl (C=O) groups is 1. The number of rotatable bonds is 9. The molecule has 1 unspecified atom stereocenters. The second-order valence-corrected chi connectivity index (χ2v) is 6.46. The lowest BCUT2D eigenvalue weighted by Gasteiger charge is -2.24. The molecule has 2 heterocycles. The number of ether oxygens (including phenoxy) is 1. The van der Waals surface area contributed by atoms with Crippen molar-refractivity contribution in [1.82, 2.24) is 0 Å². The molecule has 0 radical (unpaired) electrons. The van der Waals surface area contributed by atoms with Crippen molar-refractivity contribution in [3.05, 3.63) is 36.5 Å². The molecule has 2 fully saturated rings. The van der Waals surface area contributed by atoms with E-state index in [-0.39, 0.29) is 6.10 Å². The van der Waals surface area contributed by atoms with Crippen molar-refractivity contribution >= 4 is 5.97 Å². The Kier molecular flexibility index (Phi) is 7.06. The van der Waals surface area contributed by atoms with Crippen LogP contribution < -0.4 is 0 Å². The van der Waals surface area contributed by atoms with E-state index in [0.29, 0.717) is 30.5 Å². The highest BCUT2D eigenvalue weighted by atomic mass is 16.5. The predicted molar refractivity (Wildman–Crippen MR) is 90.1 cm³/mol. The van der Waals surface area contributed by atoms with E-state index in [1.54, 1.807) is 6.08 Å². The summed E-state index contributed by atoms with van der Waals surface area (Å²) in [7, 11) is 0. The fourth-order valence-corrected chi connectivity index (χ4v) is 3.63. The van der Waals surface area contributed by atoms with E-state index >= 15 is 0 Å². The molecule has 4 heteroatoms. The first kappa shape index (κ1) is 18.0. The monoisotopic (exact) mass is 320 g/mol. The highest BCUT2D eigenvalue weighted by Crippen LogP contribution is 2.45. The molecule has 23 heavy (non-hydrogen) atoms. The van der Waals surface area contributed by atoms with E-state index < -0.39 is 5.97 Å². The van der Waals surface area contributed by atoms with Crippen LogP contribution in [0.25, 0.3) is 0 Å². The lowest BCUT2D eigenvalue weighted by atomic mass is 9.77. The molecule has 0 aromatic rings. The molecule has 0 aromatic carbocycles. The first-order chi connectivity index (χ1) is 11.1. The van der Waals surface area contributed by atoms with Gasteiger partial charge < -0.3 is 14.9 Å². The Morgan fingerprint density at radius 2 is 2.04 bits per heavy atom. The van der Waals surface area contributed by atoms with Crippen LogP contribution in [0.4, 0.5) is 0 Å². The van der Waals surface area contributed by atoms with E-state index in [1.807, 2.05) is 12.2 Å². The van der Waals surface area contributed by atoms with Gasteiger partial charge in [-0.1, -0.05) is 43.7 Å². The highest BCUT2D eigenvalue weighted by Gasteiger charge is 2.46. The van der Waals surface area contributed by atoms with Crippen LogP contribution >= 0.6 is 0 Å². The normalized spacial score (nSPS) is 31.7. The Morgan fingerprint density at radius 1 is 1.26 bits per heavy atom. The van der Waals surface area contributed by atoms with E-state index in [1.165, 1.54) is 6.08 Å². The van der Waals surface area contributed by atoms with E-state index in [4.69, 9.17) is 9.84 Å². The fraction of sp³-hybridized carbons (Fsp3) is 0.632. The third-order valence-corrected chi connectivity index (χ3v) is 4.73. The Bertz CT molecular complexity index is 466. The van der Waals surface area contributed by atoms with Crippen molar-refractivity contribution in [3.63, 3.8) is 0 Å². The molecule has 2 bridgehead atoms. The molecule has 2 rings (SSSR count). The molecule has 2 saturated heterocycles. The standard InChI is InChI=1S/C19H28O4/c1-2-7-14(20)10-11-16-15(17-12-13-18(16)23-17)8-5-3-4-6-9-19(21)22/h3,5-6,9-11,14-18,20H,2,4,7-8,12-13H2,1H3,(H,21,22)/t14?,15-,16+,17-,18+/m0/s1. The Morgan fingerprint density at radius 3 is 2.78 bits per heavy atom. The third kappa shape index (κ3) is 5.33. The first-order valence-electron chi connectivity index (χ1n) is 8.68. The van der Waals surface area contributed by atoms with Crippen LogP contribution in [0.5, 0.6) is 0 Å². The second kappa shape index (κ2) is 9.04. The summed E-state index contributed by atoms with van der Waals surface area (Å²) in [6, 6.07) is 0. The average molecular weight is 320 g/mol. The molecule has 0 spiro atoms. The Hall–Kier alpha value is -1.39. The van der Waals surface area contributed by atoms with Gasteiger partial charge in [-0.15, -0.1) is 0 Å². The molecule has 128 valence electrons. The first-order valence-corrected chi connectivity index (χ1v) is 8.68. The van der Waals surface area contributed by atoms with Gasteiger partial charge >= 0.3 is 5.97 Å². The number of aliphatic hydroxyl groups is 1. The van der Waals surface area contributed by atoms with Crippen LogP contribution in [-0.4, -0.2) is 34.5 Å². The second-order valence-electron chi connectivity index (χ2n) is 6.46. The van der Waals surface area contributed by atoms with Crippen LogP contribution in [0.1, 0.15) is 45.4 Å². The van der Waals surface area contributed by atoms with Gasteiger partial charge in [0.05, 0.1) is 18.3 Å². The number of fused-ring (bicyclic) bond motifs is 2. The van der Waals surface area contributed by atoms with Crippen LogP contribution in [0.3, 0.4) is 0 Å². The molecule has 5 atom stereocenters. The van der Waals surface area contributed by atoms with Crippen molar-refractivity contribution < 1.29 is 19.7 Å². The minimum Gasteiger partial charge on any atom is -0.478 e. The van der Waals surface area contributed by atoms with Crippen LogP contribution in [-0.2, 0) is 9.53 Å². The summed E-state index contributed by atoms with van der Waals surface area (Å²) in [4.78, 5) is 10.4. The summed E-state index contributed by atoms with van der Waals surface area (Å²) >= 11 is 0. The van der Waals surface area contributed by atoms with Gasteiger partial charge in [0.15, 0.2) is 0 Å². The van der Waals surface area contributed by atoms with Crippen molar-refractivity contribution in [1.29, 1.82) is 0 Å². The fourth-order valence-electron chi connectivity index (χ4n) is 3.63. The van der Waals surface area contributed by atoms with Crippen molar-refractivity contribution in [2.24, 2.45) is 11.8 Å². The lowest BCUT2D eigenvalue weighted by molar-refractivity contribution is -0.131. The van der Waals surface area contributed by atoms with Gasteiger partial charge in [0.2, 0.25) is 0 Å². The minimum atomic E-state index is -0.907. The number of hydrogen-bond acceptors (Lipinski definition) is 3. The molecule has 0 aromatic heterocycles. The van der Waals surface area contributed by atoms with Gasteiger partial charge in [0.1, 0.15) is 0 Å². The van der Waals surface area contributed by atoms with Crippen LogP contribution in [0, 0.1) is 11.8 Å². The van der Waals surface area contributed by atoms with Gasteiger partial charge in [-0.25, -0.2) is 4.79 Å². The molecule has 4 nitrogen and oxygen atoms in total. The van der Waals surface area contributed by atoms with Crippen molar-refractivity contribution in [3.8, 4) is 0 Å². The summed E-state index contributed by atoms with van der Waals surface area (Å²) in [6.45, 7) is 2.07. The number of aliphatic hydroxyl groups excluding tert-OH is 1. The average Bonchev–Trinajstić information content (AvgIpc) is 3.10. The lowest BCUT2D eigenvalue weighted by Crippen LogP contribution is -2.25. The minimum absolute atomic E-state index is 0.301. The zero-order valence-electron chi connectivity index (χ0n) is 13.8. The number of allylic oxidation sites excluding steroid dienone is 3. The zero-order chi connectivity index (χ0) is 16.7. The number of carboxylic acids is 1. The maximum absolute atomic E-state index is 10.4. The van der Waals surface area contributed by atoms with Gasteiger partial charge in [0.25, 0.3) is 0 Å². The summed E-state index contributed by atoms with van der Waals surface area (Å²) < 4.78 is 6.04. The zero-order valence-corrected chi connectivity index (χ0v) is 13.8. The van der Waals surface area contributed by atoms with Crippen molar-refractivity contribution in [2.75, 3.05) is 0 Å². The molecule has 0 aliphatic carbocycles. The molecule has 2 N–H and O–H groups in total. The van der Waals surface area contributed by atoms with Gasteiger partial charge in [-0.2, -0.15) is 0 Å². The smallest absolute Gasteiger partial charge is 0.327 e. The quantitative estimate of drug-likeness (QED) is 0.504. The molecule has 2 aliphatic heterocycles. The molecule has 2 aliphatic rings. The number of aliphatic carboxylic acids is 1. The summed E-state index contributed by atoms with van der Waals surface area (Å²) in [5.41, 5.74) is 0. The maximum atomic E-state index is 10.4. The van der Waals surface area contributed by atoms with Crippen LogP contribution in [0.2, 0.25) is 0 Å². The topological polar surface area (TPSA) is 66.8 Å². The SMILES string of the molecule is CCCC(O)C=C[C@@H]1[C@H](CC=CCC=CC(=O)O)[C@@H]2CC[C@H]1O2. The maximum Gasteiger partial charge on any atom is 0.327 e. The molecular weight excluding hydrogens is 292 g/mol. The summed E-state index contributed by atoms with van der Waals surface area (Å²) in [6.07, 6.45) is 17.0. The van der Waals surface area contributed by atoms with Gasteiger partial charge in [-0.05, 0) is 38.0 Å². The molecule has 0 amide bonds. The number of carboxylic acid groups (broad SMARTS) is 1. The number of hydrogen-bond donors (Lipinski definition) is 2. The largest absolute Gasteiger partial charge is 0.478 e. The van der Waals surface area contributed by atoms with Gasteiger partial charge in [0, 0.05) is 12.0 Å². The van der Waals surface area contributed by atoms with Gasteiger partial charge in [-0.3, -0.25) is 0 Å². The van der Waals surface area contributed by atoms with E-state index in [9.17, 15) is 9.90 Å². The Balaban J connectivity index is 1.85. The summed E-state index contributed by atoms with van der Waals surface area (Å²) in [5, 5.41) is 18.4. The highest BCUT2D eigenvalue weighted by molar-refractivity contribution is 5.79. The third-order valence-electron chi connectivity index (χ3n) is 4.73. The van der Waals surface area contributed by atoms with E-state index in [2.05, 4.69) is 19.1 Å². The van der Waals surface area contributed by atoms with E-state index in [0.717, 1.165) is 32.1 Å². The Labute approximate surface area is 138 Å². The predicted octanol–water partition coefficient (Wildman–Crippen LogP) is 3.47. The summed E-state index contributed by atoms with van der Waals surface area (Å²) in [5.74, 6) is -0.0475. The molecular formula is C19H28O4. The van der Waals surface area contributed by atoms with Crippen LogP contribution in [0.15, 0.2) is 36.5 Å². The van der Waals surface area contributed by atoms with Crippen molar-refractivity contribution in [2.45, 2.75) is 63.8 Å².